The first-order valence-corrected chi connectivity index (χ1v) is 12.1. The van der Waals surface area contributed by atoms with Crippen molar-refractivity contribution in [3.63, 3.8) is 0 Å². The van der Waals surface area contributed by atoms with Gasteiger partial charge in [0, 0.05) is 30.5 Å². The maximum absolute atomic E-state index is 13.6. The summed E-state index contributed by atoms with van der Waals surface area (Å²) in [7, 11) is 3.89. The first-order valence-electron chi connectivity index (χ1n) is 12.1. The van der Waals surface area contributed by atoms with E-state index in [1.807, 2.05) is 75.3 Å². The van der Waals surface area contributed by atoms with Crippen molar-refractivity contribution in [3.05, 3.63) is 100 Å². The largest absolute Gasteiger partial charge is 0.419 e. The average molecular weight is 496 g/mol. The number of nitrogens with one attached hydrogen (secondary N) is 1. The average Bonchev–Trinajstić information content (AvgIpc) is 3.44. The van der Waals surface area contributed by atoms with Gasteiger partial charge in [-0.1, -0.05) is 42.0 Å². The van der Waals surface area contributed by atoms with Gasteiger partial charge >= 0.3 is 5.76 Å². The second-order valence-corrected chi connectivity index (χ2v) is 9.45. The summed E-state index contributed by atoms with van der Waals surface area (Å²) in [6.07, 6.45) is 1.75. The highest BCUT2D eigenvalue weighted by Crippen LogP contribution is 2.28. The van der Waals surface area contributed by atoms with Gasteiger partial charge in [-0.25, -0.2) is 9.48 Å². The van der Waals surface area contributed by atoms with Crippen LogP contribution in [0.1, 0.15) is 21.5 Å². The van der Waals surface area contributed by atoms with E-state index in [-0.39, 0.29) is 5.91 Å². The molecule has 188 valence electrons. The fraction of sp³-hybridized carbons (Fsp3) is 0.207. The number of hydrogen-bond acceptors (Lipinski definition) is 5. The van der Waals surface area contributed by atoms with E-state index in [2.05, 4.69) is 11.4 Å². The standard InChI is InChI=1S/C29H29N5O3/c1-19-10-12-23(20(2)16-19)27-24(18-34(31-27)22-8-6-5-7-9-22)28(35)30-21-11-13-26-25(17-21)33(29(36)37-26)15-14-32(3)4/h5-13,16-18H,14-15H2,1-4H3,(H,30,35). The SMILES string of the molecule is Cc1ccc(-c2nn(-c3ccccc3)cc2C(=O)Nc2ccc3oc(=O)n(CCN(C)C)c3c2)c(C)c1. The zero-order chi connectivity index (χ0) is 26.1. The van der Waals surface area contributed by atoms with E-state index in [0.717, 1.165) is 22.4 Å². The van der Waals surface area contributed by atoms with Crippen LogP contribution in [0.3, 0.4) is 0 Å². The van der Waals surface area contributed by atoms with Crippen LogP contribution in [0.5, 0.6) is 0 Å². The molecule has 0 fully saturated rings. The molecule has 1 amide bonds. The number of hydrogen-bond donors (Lipinski definition) is 1. The maximum atomic E-state index is 13.6. The van der Waals surface area contributed by atoms with E-state index in [9.17, 15) is 9.59 Å². The molecule has 8 heteroatoms. The monoisotopic (exact) mass is 495 g/mol. The van der Waals surface area contributed by atoms with Crippen LogP contribution in [-0.4, -0.2) is 45.8 Å². The zero-order valence-electron chi connectivity index (χ0n) is 21.4. The van der Waals surface area contributed by atoms with Crippen LogP contribution < -0.4 is 11.1 Å². The Hall–Kier alpha value is -4.43. The number of nitrogens with zero attached hydrogens (tertiary/aromatic N) is 4. The number of likely N-dealkylation sites (N-methyl/N-ethyl adjacent to an activating group) is 1. The Labute approximate surface area is 214 Å². The van der Waals surface area contributed by atoms with Gasteiger partial charge in [0.2, 0.25) is 0 Å². The lowest BCUT2D eigenvalue weighted by Gasteiger charge is -2.10. The Bertz CT molecular complexity index is 1640. The molecule has 5 rings (SSSR count). The van der Waals surface area contributed by atoms with Gasteiger partial charge in [-0.3, -0.25) is 9.36 Å². The number of carbonyl (C=O) groups excluding carboxylic acids is 1. The minimum Gasteiger partial charge on any atom is -0.408 e. The van der Waals surface area contributed by atoms with Crippen molar-refractivity contribution in [2.45, 2.75) is 20.4 Å². The molecular formula is C29H29N5O3. The molecule has 0 aliphatic heterocycles. The van der Waals surface area contributed by atoms with E-state index in [1.165, 1.54) is 0 Å². The summed E-state index contributed by atoms with van der Waals surface area (Å²) in [4.78, 5) is 28.0. The van der Waals surface area contributed by atoms with E-state index >= 15 is 0 Å². The third-order valence-corrected chi connectivity index (χ3v) is 6.31. The quantitative estimate of drug-likeness (QED) is 0.348. The van der Waals surface area contributed by atoms with Crippen molar-refractivity contribution in [2.75, 3.05) is 26.0 Å². The number of oxazole rings is 1. The van der Waals surface area contributed by atoms with E-state index in [0.29, 0.717) is 41.1 Å². The predicted molar refractivity (Wildman–Crippen MR) is 145 cm³/mol. The molecule has 0 aliphatic rings. The molecule has 5 aromatic rings. The topological polar surface area (TPSA) is 85.3 Å². The minimum atomic E-state index is -0.415. The summed E-state index contributed by atoms with van der Waals surface area (Å²) in [5.74, 6) is -0.705. The minimum absolute atomic E-state index is 0.290. The Kier molecular flexibility index (Phi) is 6.50. The Morgan fingerprint density at radius 1 is 1.03 bits per heavy atom. The molecule has 0 radical (unpaired) electrons. The fourth-order valence-electron chi connectivity index (χ4n) is 4.38. The number of carbonyl (C=O) groups is 1. The van der Waals surface area contributed by atoms with Crippen LogP contribution in [0.25, 0.3) is 28.0 Å². The summed E-state index contributed by atoms with van der Waals surface area (Å²) in [5.41, 5.74) is 6.68. The molecule has 0 saturated carbocycles. The van der Waals surface area contributed by atoms with Gasteiger partial charge < -0.3 is 14.6 Å². The number of aryl methyl sites for hydroxylation is 2. The van der Waals surface area contributed by atoms with Gasteiger partial charge in [0.05, 0.1) is 16.8 Å². The molecule has 37 heavy (non-hydrogen) atoms. The normalized spacial score (nSPS) is 11.4. The van der Waals surface area contributed by atoms with Gasteiger partial charge in [0.25, 0.3) is 5.91 Å². The molecule has 2 aromatic heterocycles. The van der Waals surface area contributed by atoms with Crippen molar-refractivity contribution in [1.29, 1.82) is 0 Å². The number of benzene rings is 3. The third-order valence-electron chi connectivity index (χ3n) is 6.31. The number of amides is 1. The molecular weight excluding hydrogens is 466 g/mol. The van der Waals surface area contributed by atoms with Crippen molar-refractivity contribution < 1.29 is 9.21 Å². The number of aromatic nitrogens is 3. The summed E-state index contributed by atoms with van der Waals surface area (Å²) in [6, 6.07) is 21.0. The van der Waals surface area contributed by atoms with E-state index in [1.54, 1.807) is 33.6 Å². The van der Waals surface area contributed by atoms with Crippen molar-refractivity contribution in [3.8, 4) is 16.9 Å². The Morgan fingerprint density at radius 2 is 1.81 bits per heavy atom. The second-order valence-electron chi connectivity index (χ2n) is 9.45. The number of fused-ring (bicyclic) bond motifs is 1. The molecule has 0 spiro atoms. The van der Waals surface area contributed by atoms with Gasteiger partial charge in [-0.15, -0.1) is 0 Å². The third kappa shape index (κ3) is 4.96. The van der Waals surface area contributed by atoms with Gasteiger partial charge in [0.15, 0.2) is 5.58 Å². The Morgan fingerprint density at radius 3 is 2.54 bits per heavy atom. The number of para-hydroxylation sites is 1. The lowest BCUT2D eigenvalue weighted by molar-refractivity contribution is 0.102. The first-order chi connectivity index (χ1) is 17.8. The predicted octanol–water partition coefficient (Wildman–Crippen LogP) is 4.88. The number of anilines is 1. The van der Waals surface area contributed by atoms with Crippen molar-refractivity contribution in [2.24, 2.45) is 0 Å². The van der Waals surface area contributed by atoms with Crippen LogP contribution in [0, 0.1) is 13.8 Å². The van der Waals surface area contributed by atoms with Crippen molar-refractivity contribution in [1.82, 2.24) is 19.2 Å². The highest BCUT2D eigenvalue weighted by atomic mass is 16.4. The fourth-order valence-corrected chi connectivity index (χ4v) is 4.38. The van der Waals surface area contributed by atoms with E-state index in [4.69, 9.17) is 9.52 Å². The summed E-state index contributed by atoms with van der Waals surface area (Å²) < 4.78 is 8.70. The van der Waals surface area contributed by atoms with Crippen LogP contribution in [0.15, 0.2) is 82.1 Å². The van der Waals surface area contributed by atoms with Gasteiger partial charge in [0.1, 0.15) is 5.69 Å². The molecule has 0 saturated heterocycles. The molecule has 1 N–H and O–H groups in total. The van der Waals surface area contributed by atoms with Crippen LogP contribution in [0.4, 0.5) is 5.69 Å². The smallest absolute Gasteiger partial charge is 0.408 e. The molecule has 2 heterocycles. The molecule has 3 aromatic carbocycles. The number of rotatable bonds is 7. The second kappa shape index (κ2) is 9.91. The van der Waals surface area contributed by atoms with Crippen molar-refractivity contribution >= 4 is 22.7 Å². The van der Waals surface area contributed by atoms with Crippen LogP contribution in [-0.2, 0) is 6.54 Å². The Balaban J connectivity index is 1.53. The summed E-state index contributed by atoms with van der Waals surface area (Å²) >= 11 is 0. The molecule has 8 nitrogen and oxygen atoms in total. The molecule has 0 bridgehead atoms. The lowest BCUT2D eigenvalue weighted by atomic mass is 10.0. The molecule has 0 aliphatic carbocycles. The summed E-state index contributed by atoms with van der Waals surface area (Å²) in [5, 5.41) is 7.80. The summed E-state index contributed by atoms with van der Waals surface area (Å²) in [6.45, 7) is 5.22. The highest BCUT2D eigenvalue weighted by molar-refractivity contribution is 6.08. The first kappa shape index (κ1) is 24.3. The van der Waals surface area contributed by atoms with Crippen LogP contribution in [0.2, 0.25) is 0 Å². The van der Waals surface area contributed by atoms with E-state index < -0.39 is 5.76 Å². The lowest BCUT2D eigenvalue weighted by Crippen LogP contribution is -2.23. The molecule has 0 unspecified atom stereocenters. The highest BCUT2D eigenvalue weighted by Gasteiger charge is 2.21. The van der Waals surface area contributed by atoms with Gasteiger partial charge in [-0.05, 0) is 63.8 Å². The maximum Gasteiger partial charge on any atom is 0.419 e. The zero-order valence-corrected chi connectivity index (χ0v) is 21.4. The molecule has 0 atom stereocenters. The van der Waals surface area contributed by atoms with Crippen LogP contribution >= 0.6 is 0 Å². The van der Waals surface area contributed by atoms with Gasteiger partial charge in [-0.2, -0.15) is 5.10 Å².